The summed E-state index contributed by atoms with van der Waals surface area (Å²) in [6.07, 6.45) is 5.28. The maximum atomic E-state index is 12.5. The molecule has 0 aliphatic carbocycles. The Morgan fingerprint density at radius 2 is 1.62 bits per heavy atom. The molecule has 0 saturated carbocycles. The number of hydrogen-bond donors (Lipinski definition) is 1. The van der Waals surface area contributed by atoms with Gasteiger partial charge in [-0.25, -0.2) is 0 Å². The SMILES string of the molecule is CC1CCN(C(=O)c2ccc(NC(=O)c3ccncc3)cc2)CC1. The lowest BCUT2D eigenvalue weighted by atomic mass is 9.98. The molecule has 0 bridgehead atoms. The molecular weight excluding hydrogens is 302 g/mol. The van der Waals surface area contributed by atoms with Gasteiger partial charge in [0.1, 0.15) is 0 Å². The van der Waals surface area contributed by atoms with Crippen molar-refractivity contribution in [1.82, 2.24) is 9.88 Å². The molecule has 0 atom stereocenters. The molecule has 0 unspecified atom stereocenters. The maximum absolute atomic E-state index is 12.5. The fourth-order valence-corrected chi connectivity index (χ4v) is 2.80. The predicted molar refractivity (Wildman–Crippen MR) is 92.9 cm³/mol. The predicted octanol–water partition coefficient (Wildman–Crippen LogP) is 3.21. The minimum Gasteiger partial charge on any atom is -0.339 e. The van der Waals surface area contributed by atoms with Crippen LogP contribution in [0.2, 0.25) is 0 Å². The first-order chi connectivity index (χ1) is 11.6. The molecule has 1 N–H and O–H groups in total. The number of nitrogens with one attached hydrogen (secondary N) is 1. The van der Waals surface area contributed by atoms with Crippen molar-refractivity contribution in [2.45, 2.75) is 19.8 Å². The molecule has 3 rings (SSSR count). The molecule has 124 valence electrons. The fraction of sp³-hybridized carbons (Fsp3) is 0.316. The number of carbonyl (C=O) groups is 2. The standard InChI is InChI=1S/C19H21N3O2/c1-14-8-12-22(13-9-14)19(24)16-2-4-17(5-3-16)21-18(23)15-6-10-20-11-7-15/h2-7,10-11,14H,8-9,12-13H2,1H3,(H,21,23). The zero-order chi connectivity index (χ0) is 16.9. The Labute approximate surface area is 141 Å². The number of benzene rings is 1. The van der Waals surface area contributed by atoms with E-state index in [9.17, 15) is 9.59 Å². The number of rotatable bonds is 3. The number of amides is 2. The molecule has 5 heteroatoms. The van der Waals surface area contributed by atoms with Crippen molar-refractivity contribution in [3.63, 3.8) is 0 Å². The number of hydrogen-bond acceptors (Lipinski definition) is 3. The highest BCUT2D eigenvalue weighted by Gasteiger charge is 2.21. The van der Waals surface area contributed by atoms with E-state index in [1.165, 1.54) is 0 Å². The van der Waals surface area contributed by atoms with Crippen LogP contribution in [-0.2, 0) is 0 Å². The minimum absolute atomic E-state index is 0.0638. The Balaban J connectivity index is 1.63. The second-order valence-electron chi connectivity index (χ2n) is 6.24. The maximum Gasteiger partial charge on any atom is 0.255 e. The van der Waals surface area contributed by atoms with E-state index in [1.54, 1.807) is 48.8 Å². The van der Waals surface area contributed by atoms with E-state index >= 15 is 0 Å². The van der Waals surface area contributed by atoms with Crippen LogP contribution in [0, 0.1) is 5.92 Å². The van der Waals surface area contributed by atoms with Crippen LogP contribution < -0.4 is 5.32 Å². The van der Waals surface area contributed by atoms with Crippen molar-refractivity contribution in [3.8, 4) is 0 Å². The summed E-state index contributed by atoms with van der Waals surface area (Å²) in [6.45, 7) is 3.86. The number of nitrogens with zero attached hydrogens (tertiary/aromatic N) is 2. The van der Waals surface area contributed by atoms with Crippen molar-refractivity contribution in [3.05, 3.63) is 59.9 Å². The topological polar surface area (TPSA) is 62.3 Å². The lowest BCUT2D eigenvalue weighted by Gasteiger charge is -2.30. The van der Waals surface area contributed by atoms with Crippen molar-refractivity contribution >= 4 is 17.5 Å². The van der Waals surface area contributed by atoms with Crippen molar-refractivity contribution in [2.24, 2.45) is 5.92 Å². The molecule has 1 aromatic heterocycles. The van der Waals surface area contributed by atoms with Crippen LogP contribution in [0.4, 0.5) is 5.69 Å². The molecule has 1 aliphatic heterocycles. The van der Waals surface area contributed by atoms with Gasteiger partial charge in [-0.3, -0.25) is 14.6 Å². The summed E-state index contributed by atoms with van der Waals surface area (Å²) < 4.78 is 0. The normalized spacial score (nSPS) is 15.1. The Morgan fingerprint density at radius 3 is 2.25 bits per heavy atom. The van der Waals surface area contributed by atoms with E-state index in [0.717, 1.165) is 25.9 Å². The molecule has 1 fully saturated rings. The number of pyridine rings is 1. The van der Waals surface area contributed by atoms with Gasteiger partial charge >= 0.3 is 0 Å². The lowest BCUT2D eigenvalue weighted by Crippen LogP contribution is -2.37. The quantitative estimate of drug-likeness (QED) is 0.943. The summed E-state index contributed by atoms with van der Waals surface area (Å²) in [5.41, 5.74) is 1.87. The van der Waals surface area contributed by atoms with Gasteiger partial charge in [-0.15, -0.1) is 0 Å². The first kappa shape index (κ1) is 16.2. The third kappa shape index (κ3) is 3.79. The monoisotopic (exact) mass is 323 g/mol. The first-order valence-corrected chi connectivity index (χ1v) is 8.24. The zero-order valence-electron chi connectivity index (χ0n) is 13.7. The molecule has 1 aromatic carbocycles. The third-order valence-electron chi connectivity index (χ3n) is 4.40. The summed E-state index contributed by atoms with van der Waals surface area (Å²) in [5, 5.41) is 2.82. The van der Waals surface area contributed by atoms with E-state index in [1.807, 2.05) is 4.90 Å². The number of anilines is 1. The van der Waals surface area contributed by atoms with Crippen LogP contribution in [-0.4, -0.2) is 34.8 Å². The average molecular weight is 323 g/mol. The van der Waals surface area contributed by atoms with E-state index < -0.39 is 0 Å². The third-order valence-corrected chi connectivity index (χ3v) is 4.40. The highest BCUT2D eigenvalue weighted by molar-refractivity contribution is 6.04. The van der Waals surface area contributed by atoms with Crippen LogP contribution in [0.1, 0.15) is 40.5 Å². The summed E-state index contributed by atoms with van der Waals surface area (Å²) >= 11 is 0. The highest BCUT2D eigenvalue weighted by atomic mass is 16.2. The van der Waals surface area contributed by atoms with Crippen molar-refractivity contribution < 1.29 is 9.59 Å². The molecular formula is C19H21N3O2. The summed E-state index contributed by atoms with van der Waals surface area (Å²) in [5.74, 6) is 0.565. The second-order valence-corrected chi connectivity index (χ2v) is 6.24. The molecule has 1 aliphatic rings. The Hall–Kier alpha value is -2.69. The van der Waals surface area contributed by atoms with Crippen LogP contribution >= 0.6 is 0 Å². The lowest BCUT2D eigenvalue weighted by molar-refractivity contribution is 0.0697. The van der Waals surface area contributed by atoms with Gasteiger partial charge in [0.05, 0.1) is 0 Å². The molecule has 2 heterocycles. The van der Waals surface area contributed by atoms with Crippen LogP contribution in [0.15, 0.2) is 48.8 Å². The van der Waals surface area contributed by atoms with Gasteiger partial charge in [0.25, 0.3) is 11.8 Å². The Bertz CT molecular complexity index is 705. The number of piperidine rings is 1. The van der Waals surface area contributed by atoms with Crippen LogP contribution in [0.5, 0.6) is 0 Å². The molecule has 24 heavy (non-hydrogen) atoms. The van der Waals surface area contributed by atoms with Crippen molar-refractivity contribution in [1.29, 1.82) is 0 Å². The van der Waals surface area contributed by atoms with Gasteiger partial charge in [0.2, 0.25) is 0 Å². The summed E-state index contributed by atoms with van der Waals surface area (Å²) in [6, 6.07) is 10.4. The molecule has 2 aromatic rings. The molecule has 1 saturated heterocycles. The zero-order valence-corrected chi connectivity index (χ0v) is 13.7. The van der Waals surface area contributed by atoms with Gasteiger partial charge in [0, 0.05) is 42.3 Å². The smallest absolute Gasteiger partial charge is 0.255 e. The number of carbonyl (C=O) groups excluding carboxylic acids is 2. The molecule has 2 amide bonds. The van der Waals surface area contributed by atoms with E-state index in [2.05, 4.69) is 17.2 Å². The van der Waals surface area contributed by atoms with Crippen molar-refractivity contribution in [2.75, 3.05) is 18.4 Å². The van der Waals surface area contributed by atoms with Gasteiger partial charge in [-0.1, -0.05) is 6.92 Å². The van der Waals surface area contributed by atoms with Crippen LogP contribution in [0.25, 0.3) is 0 Å². The summed E-state index contributed by atoms with van der Waals surface area (Å²) in [7, 11) is 0. The molecule has 0 radical (unpaired) electrons. The first-order valence-electron chi connectivity index (χ1n) is 8.24. The average Bonchev–Trinajstić information content (AvgIpc) is 2.63. The van der Waals surface area contributed by atoms with E-state index in [4.69, 9.17) is 0 Å². The van der Waals surface area contributed by atoms with E-state index in [-0.39, 0.29) is 11.8 Å². The largest absolute Gasteiger partial charge is 0.339 e. The minimum atomic E-state index is -0.193. The van der Waals surface area contributed by atoms with E-state index in [0.29, 0.717) is 22.7 Å². The molecule has 5 nitrogen and oxygen atoms in total. The van der Waals surface area contributed by atoms with Gasteiger partial charge in [-0.2, -0.15) is 0 Å². The Morgan fingerprint density at radius 1 is 1.00 bits per heavy atom. The highest BCUT2D eigenvalue weighted by Crippen LogP contribution is 2.19. The molecule has 0 spiro atoms. The second kappa shape index (κ2) is 7.25. The fourth-order valence-electron chi connectivity index (χ4n) is 2.80. The summed E-state index contributed by atoms with van der Waals surface area (Å²) in [4.78, 5) is 30.4. The van der Waals surface area contributed by atoms with Gasteiger partial charge in [-0.05, 0) is 55.2 Å². The van der Waals surface area contributed by atoms with Crippen LogP contribution in [0.3, 0.4) is 0 Å². The number of likely N-dealkylation sites (tertiary alicyclic amines) is 1. The Kier molecular flexibility index (Phi) is 4.89. The van der Waals surface area contributed by atoms with Gasteiger partial charge in [0.15, 0.2) is 0 Å². The number of aromatic nitrogens is 1. The van der Waals surface area contributed by atoms with Gasteiger partial charge < -0.3 is 10.2 Å².